The van der Waals surface area contributed by atoms with Gasteiger partial charge >= 0.3 is 0 Å². The number of halogens is 1. The highest BCUT2D eigenvalue weighted by molar-refractivity contribution is 14.1. The zero-order valence-corrected chi connectivity index (χ0v) is 16.3. The fourth-order valence-corrected chi connectivity index (χ4v) is 3.03. The summed E-state index contributed by atoms with van der Waals surface area (Å²) in [5.41, 5.74) is 2.62. The number of methoxy groups -OCH3 is 3. The minimum atomic E-state index is -0.103. The zero-order chi connectivity index (χ0) is 17.7. The van der Waals surface area contributed by atoms with Gasteiger partial charge < -0.3 is 19.5 Å². The lowest BCUT2D eigenvalue weighted by atomic mass is 10.1. The SMILES string of the molecule is COc1cc(CC(=O)Nc2ccc(I)cc2C)cc(OC)c1OC. The van der Waals surface area contributed by atoms with E-state index in [9.17, 15) is 4.79 Å². The molecule has 0 heterocycles. The molecular weight excluding hydrogens is 421 g/mol. The number of hydrogen-bond acceptors (Lipinski definition) is 4. The van der Waals surface area contributed by atoms with Gasteiger partial charge in [0.2, 0.25) is 11.7 Å². The van der Waals surface area contributed by atoms with Gasteiger partial charge in [-0.1, -0.05) is 0 Å². The maximum absolute atomic E-state index is 12.3. The molecule has 128 valence electrons. The molecule has 2 rings (SSSR count). The number of hydrogen-bond donors (Lipinski definition) is 1. The van der Waals surface area contributed by atoms with E-state index in [-0.39, 0.29) is 12.3 Å². The minimum Gasteiger partial charge on any atom is -0.493 e. The Morgan fingerprint density at radius 3 is 2.17 bits per heavy atom. The molecule has 1 amide bonds. The summed E-state index contributed by atoms with van der Waals surface area (Å²) < 4.78 is 17.0. The molecule has 0 saturated carbocycles. The largest absolute Gasteiger partial charge is 0.493 e. The average Bonchev–Trinajstić information content (AvgIpc) is 2.56. The summed E-state index contributed by atoms with van der Waals surface area (Å²) in [4.78, 5) is 12.3. The molecule has 0 aromatic heterocycles. The van der Waals surface area contributed by atoms with Crippen molar-refractivity contribution in [3.05, 3.63) is 45.0 Å². The molecule has 0 radical (unpaired) electrons. The Kier molecular flexibility index (Phi) is 6.30. The van der Waals surface area contributed by atoms with E-state index in [1.54, 1.807) is 33.5 Å². The van der Waals surface area contributed by atoms with Gasteiger partial charge in [-0.25, -0.2) is 0 Å². The van der Waals surface area contributed by atoms with Crippen LogP contribution < -0.4 is 19.5 Å². The second-order valence-electron chi connectivity index (χ2n) is 5.22. The number of nitrogens with one attached hydrogen (secondary N) is 1. The molecule has 5 nitrogen and oxygen atoms in total. The lowest BCUT2D eigenvalue weighted by Gasteiger charge is -2.14. The fourth-order valence-electron chi connectivity index (χ4n) is 2.38. The van der Waals surface area contributed by atoms with Crippen molar-refractivity contribution in [3.8, 4) is 17.2 Å². The van der Waals surface area contributed by atoms with E-state index >= 15 is 0 Å². The minimum absolute atomic E-state index is 0.103. The van der Waals surface area contributed by atoms with Crippen molar-refractivity contribution < 1.29 is 19.0 Å². The number of rotatable bonds is 6. The highest BCUT2D eigenvalue weighted by atomic mass is 127. The van der Waals surface area contributed by atoms with E-state index < -0.39 is 0 Å². The number of benzene rings is 2. The molecule has 2 aromatic carbocycles. The lowest BCUT2D eigenvalue weighted by molar-refractivity contribution is -0.115. The van der Waals surface area contributed by atoms with Crippen LogP contribution in [0.3, 0.4) is 0 Å². The van der Waals surface area contributed by atoms with Gasteiger partial charge in [0.1, 0.15) is 0 Å². The van der Waals surface area contributed by atoms with E-state index in [1.165, 1.54) is 0 Å². The topological polar surface area (TPSA) is 56.8 Å². The summed E-state index contributed by atoms with van der Waals surface area (Å²) in [5.74, 6) is 1.47. The summed E-state index contributed by atoms with van der Waals surface area (Å²) in [7, 11) is 4.65. The maximum Gasteiger partial charge on any atom is 0.228 e. The maximum atomic E-state index is 12.3. The zero-order valence-electron chi connectivity index (χ0n) is 14.1. The van der Waals surface area contributed by atoms with Crippen LogP contribution >= 0.6 is 22.6 Å². The van der Waals surface area contributed by atoms with Crippen LogP contribution in [0.15, 0.2) is 30.3 Å². The van der Waals surface area contributed by atoms with Crippen molar-refractivity contribution >= 4 is 34.2 Å². The van der Waals surface area contributed by atoms with E-state index in [2.05, 4.69) is 27.9 Å². The summed E-state index contributed by atoms with van der Waals surface area (Å²) in [6.07, 6.45) is 0.210. The third kappa shape index (κ3) is 4.31. The molecule has 2 aromatic rings. The third-order valence-electron chi connectivity index (χ3n) is 3.55. The van der Waals surface area contributed by atoms with Crippen molar-refractivity contribution in [1.29, 1.82) is 0 Å². The molecule has 0 bridgehead atoms. The average molecular weight is 441 g/mol. The first-order valence-electron chi connectivity index (χ1n) is 7.33. The van der Waals surface area contributed by atoms with Gasteiger partial charge in [0.15, 0.2) is 11.5 Å². The first-order valence-corrected chi connectivity index (χ1v) is 8.41. The molecule has 6 heteroatoms. The molecule has 0 fully saturated rings. The quantitative estimate of drug-likeness (QED) is 0.693. The van der Waals surface area contributed by atoms with Crippen LogP contribution in [0.1, 0.15) is 11.1 Å². The molecular formula is C18H20INO4. The molecule has 0 saturated heterocycles. The second kappa shape index (κ2) is 8.23. The van der Waals surface area contributed by atoms with Crippen LogP contribution in [0.5, 0.6) is 17.2 Å². The lowest BCUT2D eigenvalue weighted by Crippen LogP contribution is -2.15. The van der Waals surface area contributed by atoms with Gasteiger partial charge in [-0.05, 0) is 71.0 Å². The summed E-state index contributed by atoms with van der Waals surface area (Å²) in [5, 5.41) is 2.93. The number of aryl methyl sites for hydroxylation is 1. The highest BCUT2D eigenvalue weighted by Gasteiger charge is 2.15. The van der Waals surface area contributed by atoms with Gasteiger partial charge in [-0.3, -0.25) is 4.79 Å². The number of anilines is 1. The van der Waals surface area contributed by atoms with Gasteiger partial charge in [0.05, 0.1) is 27.8 Å². The molecule has 0 atom stereocenters. The molecule has 24 heavy (non-hydrogen) atoms. The number of ether oxygens (including phenoxy) is 3. The monoisotopic (exact) mass is 441 g/mol. The Morgan fingerprint density at radius 2 is 1.67 bits per heavy atom. The normalized spacial score (nSPS) is 10.2. The third-order valence-corrected chi connectivity index (χ3v) is 4.22. The Hall–Kier alpha value is -1.96. The van der Waals surface area contributed by atoms with Crippen LogP contribution in [-0.2, 0) is 11.2 Å². The summed E-state index contributed by atoms with van der Waals surface area (Å²) in [6.45, 7) is 1.97. The smallest absolute Gasteiger partial charge is 0.228 e. The Morgan fingerprint density at radius 1 is 1.04 bits per heavy atom. The van der Waals surface area contributed by atoms with Gasteiger partial charge in [0.25, 0.3) is 0 Å². The number of carbonyl (C=O) groups excluding carboxylic acids is 1. The Balaban J connectivity index is 2.19. The van der Waals surface area contributed by atoms with Crippen molar-refractivity contribution in [3.63, 3.8) is 0 Å². The fraction of sp³-hybridized carbons (Fsp3) is 0.278. The van der Waals surface area contributed by atoms with E-state index in [1.807, 2.05) is 25.1 Å². The van der Waals surface area contributed by atoms with Crippen molar-refractivity contribution in [2.45, 2.75) is 13.3 Å². The Labute approximate surface area is 155 Å². The van der Waals surface area contributed by atoms with Gasteiger partial charge in [-0.2, -0.15) is 0 Å². The van der Waals surface area contributed by atoms with E-state index in [0.717, 1.165) is 20.4 Å². The van der Waals surface area contributed by atoms with Crippen LogP contribution in [0.25, 0.3) is 0 Å². The molecule has 1 N–H and O–H groups in total. The first kappa shape index (κ1) is 18.4. The van der Waals surface area contributed by atoms with Crippen LogP contribution in [0, 0.1) is 10.5 Å². The van der Waals surface area contributed by atoms with E-state index in [4.69, 9.17) is 14.2 Å². The van der Waals surface area contributed by atoms with E-state index in [0.29, 0.717) is 17.2 Å². The number of carbonyl (C=O) groups is 1. The standard InChI is InChI=1S/C18H20INO4/c1-11-7-13(19)5-6-14(11)20-17(21)10-12-8-15(22-2)18(24-4)16(9-12)23-3/h5-9H,10H2,1-4H3,(H,20,21). The van der Waals surface area contributed by atoms with Crippen LogP contribution in [-0.4, -0.2) is 27.2 Å². The molecule has 0 aliphatic carbocycles. The summed E-state index contributed by atoms with van der Waals surface area (Å²) in [6, 6.07) is 9.45. The molecule has 0 aliphatic rings. The summed E-state index contributed by atoms with van der Waals surface area (Å²) >= 11 is 2.24. The van der Waals surface area contributed by atoms with Gasteiger partial charge in [-0.15, -0.1) is 0 Å². The number of amides is 1. The molecule has 0 aliphatic heterocycles. The van der Waals surface area contributed by atoms with Crippen molar-refractivity contribution in [1.82, 2.24) is 0 Å². The van der Waals surface area contributed by atoms with Crippen LogP contribution in [0.2, 0.25) is 0 Å². The predicted octanol–water partition coefficient (Wildman–Crippen LogP) is 3.81. The van der Waals surface area contributed by atoms with Crippen LogP contribution in [0.4, 0.5) is 5.69 Å². The first-order chi connectivity index (χ1) is 11.5. The van der Waals surface area contributed by atoms with Crippen molar-refractivity contribution in [2.75, 3.05) is 26.6 Å². The Bertz CT molecular complexity index is 721. The molecule has 0 unspecified atom stereocenters. The predicted molar refractivity (Wildman–Crippen MR) is 102 cm³/mol. The van der Waals surface area contributed by atoms with Gasteiger partial charge in [0, 0.05) is 9.26 Å². The molecule has 0 spiro atoms. The second-order valence-corrected chi connectivity index (χ2v) is 6.46. The highest BCUT2D eigenvalue weighted by Crippen LogP contribution is 2.38. The van der Waals surface area contributed by atoms with Crippen molar-refractivity contribution in [2.24, 2.45) is 0 Å².